The highest BCUT2D eigenvalue weighted by molar-refractivity contribution is 7.89. The summed E-state index contributed by atoms with van der Waals surface area (Å²) in [4.78, 5) is 37.9. The van der Waals surface area contributed by atoms with Gasteiger partial charge in [0, 0.05) is 44.9 Å². The van der Waals surface area contributed by atoms with Crippen LogP contribution in [0.4, 0.5) is 0 Å². The van der Waals surface area contributed by atoms with Gasteiger partial charge in [0.25, 0.3) is 5.91 Å². The van der Waals surface area contributed by atoms with Crippen LogP contribution in [0.5, 0.6) is 0 Å². The van der Waals surface area contributed by atoms with Gasteiger partial charge in [-0.15, -0.1) is 0 Å². The lowest BCUT2D eigenvalue weighted by Gasteiger charge is -2.34. The second kappa shape index (κ2) is 8.83. The van der Waals surface area contributed by atoms with E-state index in [-0.39, 0.29) is 55.0 Å². The molecule has 0 aliphatic carbocycles. The third-order valence-electron chi connectivity index (χ3n) is 5.71. The van der Waals surface area contributed by atoms with E-state index in [9.17, 15) is 22.8 Å². The third-order valence-corrected chi connectivity index (χ3v) is 7.60. The van der Waals surface area contributed by atoms with Crippen molar-refractivity contribution in [2.75, 3.05) is 32.7 Å². The highest BCUT2D eigenvalue weighted by atomic mass is 32.2. The topological polar surface area (TPSA) is 122 Å². The molecule has 11 heteroatoms. The number of nitrogens with one attached hydrogen (secondary N) is 1. The number of benzene rings is 2. The summed E-state index contributed by atoms with van der Waals surface area (Å²) in [5.74, 6) is -1.19. The molecule has 2 heterocycles. The lowest BCUT2D eigenvalue weighted by Crippen LogP contribution is -2.52. The molecule has 1 aliphatic rings. The van der Waals surface area contributed by atoms with Crippen molar-refractivity contribution in [2.45, 2.75) is 11.8 Å². The minimum absolute atomic E-state index is 0.0227. The van der Waals surface area contributed by atoms with Crippen LogP contribution in [0.1, 0.15) is 15.9 Å². The van der Waals surface area contributed by atoms with Crippen molar-refractivity contribution in [3.05, 3.63) is 64.1 Å². The van der Waals surface area contributed by atoms with Crippen molar-refractivity contribution < 1.29 is 22.4 Å². The fourth-order valence-electron chi connectivity index (χ4n) is 3.68. The van der Waals surface area contributed by atoms with Crippen molar-refractivity contribution in [1.29, 1.82) is 0 Å². The Hall–Kier alpha value is -3.44. The van der Waals surface area contributed by atoms with Gasteiger partial charge >= 0.3 is 5.76 Å². The summed E-state index contributed by atoms with van der Waals surface area (Å²) in [6.45, 7) is 2.42. The standard InChI is InChI=1S/C22H24N4O6S/c1-15-3-5-16(6-4-15)21(28)23-14-20(27)25-9-11-26(12-10-25)33(30,31)17-7-8-18-19(13-17)32-22(29)24(18)2/h3-8,13H,9-12,14H2,1-2H3,(H,23,28). The molecule has 1 aliphatic heterocycles. The van der Waals surface area contributed by atoms with Gasteiger partial charge in [0.1, 0.15) is 0 Å². The summed E-state index contributed by atoms with van der Waals surface area (Å²) in [7, 11) is -2.27. The second-order valence-electron chi connectivity index (χ2n) is 7.89. The number of aromatic nitrogens is 1. The molecular weight excluding hydrogens is 448 g/mol. The van der Waals surface area contributed by atoms with Crippen molar-refractivity contribution in [1.82, 2.24) is 19.1 Å². The first-order valence-electron chi connectivity index (χ1n) is 10.4. The number of nitrogens with zero attached hydrogens (tertiary/aromatic N) is 3. The summed E-state index contributed by atoms with van der Waals surface area (Å²) in [5.41, 5.74) is 2.20. The number of oxazole rings is 1. The number of carbonyl (C=O) groups is 2. The summed E-state index contributed by atoms with van der Waals surface area (Å²) in [6.07, 6.45) is 0. The number of rotatable bonds is 5. The van der Waals surface area contributed by atoms with Crippen LogP contribution < -0.4 is 11.1 Å². The van der Waals surface area contributed by atoms with E-state index in [1.807, 2.05) is 19.1 Å². The molecule has 2 amide bonds. The Morgan fingerprint density at radius 1 is 1.03 bits per heavy atom. The van der Waals surface area contributed by atoms with Gasteiger partial charge in [-0.05, 0) is 31.2 Å². The molecule has 0 bridgehead atoms. The normalized spacial score (nSPS) is 15.0. The average Bonchev–Trinajstić information content (AvgIpc) is 3.10. The number of amides is 2. The maximum absolute atomic E-state index is 13.0. The fraction of sp³-hybridized carbons (Fsp3) is 0.318. The molecule has 0 atom stereocenters. The Morgan fingerprint density at radius 3 is 2.36 bits per heavy atom. The quantitative estimate of drug-likeness (QED) is 0.584. The molecule has 2 aromatic carbocycles. The zero-order valence-corrected chi connectivity index (χ0v) is 19.1. The number of aryl methyl sites for hydroxylation is 2. The first kappa shape index (κ1) is 22.7. The molecule has 1 saturated heterocycles. The zero-order chi connectivity index (χ0) is 23.8. The van der Waals surface area contributed by atoms with Crippen LogP contribution in [0.3, 0.4) is 0 Å². The second-order valence-corrected chi connectivity index (χ2v) is 9.83. The molecule has 0 unspecified atom stereocenters. The maximum Gasteiger partial charge on any atom is 0.419 e. The summed E-state index contributed by atoms with van der Waals surface area (Å²) >= 11 is 0. The predicted molar refractivity (Wildman–Crippen MR) is 120 cm³/mol. The monoisotopic (exact) mass is 472 g/mol. The SMILES string of the molecule is Cc1ccc(C(=O)NCC(=O)N2CCN(S(=O)(=O)c3ccc4c(c3)oc(=O)n4C)CC2)cc1. The van der Waals surface area contributed by atoms with Crippen LogP contribution in [0.15, 0.2) is 56.6 Å². The van der Waals surface area contributed by atoms with E-state index in [1.165, 1.54) is 32.0 Å². The Kier molecular flexibility index (Phi) is 6.09. The van der Waals surface area contributed by atoms with Crippen LogP contribution in [0.25, 0.3) is 11.1 Å². The fourth-order valence-corrected chi connectivity index (χ4v) is 5.11. The van der Waals surface area contributed by atoms with E-state index in [2.05, 4.69) is 5.32 Å². The third kappa shape index (κ3) is 4.55. The van der Waals surface area contributed by atoms with E-state index >= 15 is 0 Å². The molecule has 1 fully saturated rings. The molecule has 33 heavy (non-hydrogen) atoms. The lowest BCUT2D eigenvalue weighted by atomic mass is 10.1. The minimum atomic E-state index is -3.82. The first-order chi connectivity index (χ1) is 15.7. The first-order valence-corrected chi connectivity index (χ1v) is 11.8. The van der Waals surface area contributed by atoms with Gasteiger partial charge < -0.3 is 14.6 Å². The summed E-state index contributed by atoms with van der Waals surface area (Å²) in [5, 5.41) is 2.61. The number of sulfonamides is 1. The number of carbonyl (C=O) groups excluding carboxylic acids is 2. The van der Waals surface area contributed by atoms with Gasteiger partial charge in [0.2, 0.25) is 15.9 Å². The zero-order valence-electron chi connectivity index (χ0n) is 18.3. The lowest BCUT2D eigenvalue weighted by molar-refractivity contribution is -0.131. The predicted octanol–water partition coefficient (Wildman–Crippen LogP) is 0.703. The van der Waals surface area contributed by atoms with Crippen LogP contribution >= 0.6 is 0 Å². The van der Waals surface area contributed by atoms with Gasteiger partial charge in [-0.25, -0.2) is 13.2 Å². The Bertz CT molecular complexity index is 1370. The van der Waals surface area contributed by atoms with Crippen molar-refractivity contribution in [3.63, 3.8) is 0 Å². The maximum atomic E-state index is 13.0. The van der Waals surface area contributed by atoms with Gasteiger partial charge in [0.15, 0.2) is 5.58 Å². The molecule has 0 saturated carbocycles. The molecule has 3 aromatic rings. The average molecular weight is 473 g/mol. The summed E-state index contributed by atoms with van der Waals surface area (Å²) in [6, 6.07) is 11.3. The number of fused-ring (bicyclic) bond motifs is 1. The number of hydrogen-bond acceptors (Lipinski definition) is 6. The molecular formula is C22H24N4O6S. The molecule has 10 nitrogen and oxygen atoms in total. The van der Waals surface area contributed by atoms with E-state index in [0.29, 0.717) is 11.1 Å². The van der Waals surface area contributed by atoms with Crippen LogP contribution in [0, 0.1) is 6.92 Å². The van der Waals surface area contributed by atoms with Crippen LogP contribution in [-0.2, 0) is 21.9 Å². The molecule has 174 valence electrons. The van der Waals surface area contributed by atoms with E-state index in [1.54, 1.807) is 19.2 Å². The van der Waals surface area contributed by atoms with Gasteiger partial charge in [-0.1, -0.05) is 17.7 Å². The molecule has 4 rings (SSSR count). The van der Waals surface area contributed by atoms with Gasteiger partial charge in [0.05, 0.1) is 17.0 Å². The van der Waals surface area contributed by atoms with E-state index < -0.39 is 15.8 Å². The van der Waals surface area contributed by atoms with Crippen LogP contribution in [-0.4, -0.2) is 66.7 Å². The highest BCUT2D eigenvalue weighted by Crippen LogP contribution is 2.22. The van der Waals surface area contributed by atoms with Gasteiger partial charge in [-0.2, -0.15) is 4.31 Å². The largest absolute Gasteiger partial charge is 0.419 e. The Balaban J connectivity index is 1.35. The molecule has 1 aromatic heterocycles. The van der Waals surface area contributed by atoms with Crippen molar-refractivity contribution >= 4 is 32.9 Å². The Labute approximate surface area is 190 Å². The Morgan fingerprint density at radius 2 is 1.70 bits per heavy atom. The molecule has 1 N–H and O–H groups in total. The van der Waals surface area contributed by atoms with Crippen molar-refractivity contribution in [2.24, 2.45) is 7.05 Å². The summed E-state index contributed by atoms with van der Waals surface area (Å²) < 4.78 is 33.8. The number of piperazine rings is 1. The molecule has 0 radical (unpaired) electrons. The minimum Gasteiger partial charge on any atom is -0.408 e. The van der Waals surface area contributed by atoms with E-state index in [4.69, 9.17) is 4.42 Å². The number of hydrogen-bond donors (Lipinski definition) is 1. The molecule has 0 spiro atoms. The highest BCUT2D eigenvalue weighted by Gasteiger charge is 2.30. The smallest absolute Gasteiger partial charge is 0.408 e. The van der Waals surface area contributed by atoms with E-state index in [0.717, 1.165) is 5.56 Å². The van der Waals surface area contributed by atoms with Crippen LogP contribution in [0.2, 0.25) is 0 Å². The van der Waals surface area contributed by atoms with Crippen molar-refractivity contribution in [3.8, 4) is 0 Å². The van der Waals surface area contributed by atoms with Gasteiger partial charge in [-0.3, -0.25) is 14.2 Å².